The number of aliphatic carboxylic acids is 1. The van der Waals surface area contributed by atoms with Crippen LogP contribution in [-0.4, -0.2) is 35.4 Å². The fraction of sp³-hybridized carbons (Fsp3) is 0.429. The highest BCUT2D eigenvalue weighted by Gasteiger charge is 2.18. The fourth-order valence-electron chi connectivity index (χ4n) is 1.82. The van der Waals surface area contributed by atoms with E-state index in [9.17, 15) is 14.7 Å². The van der Waals surface area contributed by atoms with Gasteiger partial charge in [-0.3, -0.25) is 4.79 Å². The zero-order chi connectivity index (χ0) is 14.3. The first-order valence-corrected chi connectivity index (χ1v) is 6.09. The van der Waals surface area contributed by atoms with Gasteiger partial charge >= 0.3 is 11.9 Å². The normalized spacial score (nSPS) is 16.1. The Morgan fingerprint density at radius 1 is 1.37 bits per heavy atom. The molecule has 0 heterocycles. The van der Waals surface area contributed by atoms with E-state index in [0.29, 0.717) is 30.4 Å². The van der Waals surface area contributed by atoms with Gasteiger partial charge in [-0.15, -0.1) is 0 Å². The Labute approximate surface area is 111 Å². The predicted octanol–water partition coefficient (Wildman–Crippen LogP) is 1.59. The maximum absolute atomic E-state index is 11.5. The zero-order valence-corrected chi connectivity index (χ0v) is 10.8. The van der Waals surface area contributed by atoms with Crippen LogP contribution >= 0.6 is 0 Å². The molecule has 104 valence electrons. The van der Waals surface area contributed by atoms with Crippen molar-refractivity contribution in [3.63, 3.8) is 0 Å². The van der Waals surface area contributed by atoms with Crippen LogP contribution in [0.3, 0.4) is 0 Å². The van der Waals surface area contributed by atoms with Crippen LogP contribution in [0.5, 0.6) is 0 Å². The lowest BCUT2D eigenvalue weighted by molar-refractivity contribution is -0.137. The molecule has 2 N–H and O–H groups in total. The lowest BCUT2D eigenvalue weighted by Gasteiger charge is -2.14. The molecule has 1 aliphatic carbocycles. The lowest BCUT2D eigenvalue weighted by Crippen LogP contribution is -2.14. The molecule has 0 saturated heterocycles. The highest BCUT2D eigenvalue weighted by molar-refractivity contribution is 5.89. The van der Waals surface area contributed by atoms with Gasteiger partial charge in [0.1, 0.15) is 0 Å². The molecule has 1 unspecified atom stereocenters. The standard InChI is InChI=1S/C14H18O5/c1-19-14(18)11-6-3-2-5-10(9-11)12(15)7-4-8-13(16)17/h2-3,5-6,12,15H,4,7-9H2,1H3,(H,16,17). The summed E-state index contributed by atoms with van der Waals surface area (Å²) >= 11 is 0. The molecule has 0 fully saturated rings. The van der Waals surface area contributed by atoms with Gasteiger partial charge in [-0.05, 0) is 18.4 Å². The summed E-state index contributed by atoms with van der Waals surface area (Å²) in [6.45, 7) is 0. The van der Waals surface area contributed by atoms with E-state index >= 15 is 0 Å². The minimum absolute atomic E-state index is 0.0277. The third-order valence-electron chi connectivity index (χ3n) is 2.86. The molecule has 0 amide bonds. The number of carbonyl (C=O) groups is 2. The first kappa shape index (κ1) is 15.2. The molecule has 19 heavy (non-hydrogen) atoms. The average Bonchev–Trinajstić information content (AvgIpc) is 2.63. The van der Waals surface area contributed by atoms with Crippen LogP contribution in [-0.2, 0) is 14.3 Å². The summed E-state index contributed by atoms with van der Waals surface area (Å²) in [6, 6.07) is 0. The van der Waals surface area contributed by atoms with Gasteiger partial charge in [0.2, 0.25) is 0 Å². The van der Waals surface area contributed by atoms with Gasteiger partial charge in [0.05, 0.1) is 13.2 Å². The number of aliphatic hydroxyl groups is 1. The predicted molar refractivity (Wildman–Crippen MR) is 69.4 cm³/mol. The van der Waals surface area contributed by atoms with Crippen molar-refractivity contribution in [3.8, 4) is 0 Å². The Kier molecular flexibility index (Phi) is 6.02. The maximum Gasteiger partial charge on any atom is 0.334 e. The summed E-state index contributed by atoms with van der Waals surface area (Å²) in [5.41, 5.74) is 1.16. The summed E-state index contributed by atoms with van der Waals surface area (Å²) in [6.07, 6.45) is 7.21. The SMILES string of the molecule is COC(=O)C1=CC=CC=C(C(O)CCCC(=O)O)C1. The summed E-state index contributed by atoms with van der Waals surface area (Å²) < 4.78 is 4.66. The number of ether oxygens (including phenoxy) is 1. The van der Waals surface area contributed by atoms with E-state index in [1.807, 2.05) is 0 Å². The Morgan fingerprint density at radius 2 is 2.05 bits per heavy atom. The number of carboxylic acid groups (broad SMARTS) is 1. The number of carboxylic acids is 1. The topological polar surface area (TPSA) is 83.8 Å². The van der Waals surface area contributed by atoms with Gasteiger partial charge in [0.25, 0.3) is 0 Å². The van der Waals surface area contributed by atoms with Crippen molar-refractivity contribution in [3.05, 3.63) is 35.5 Å². The summed E-state index contributed by atoms with van der Waals surface area (Å²) in [5, 5.41) is 18.6. The number of hydrogen-bond donors (Lipinski definition) is 2. The van der Waals surface area contributed by atoms with E-state index in [2.05, 4.69) is 4.74 Å². The molecule has 0 aliphatic heterocycles. The Bertz CT molecular complexity index is 431. The molecule has 1 rings (SSSR count). The zero-order valence-electron chi connectivity index (χ0n) is 10.8. The first-order chi connectivity index (χ1) is 9.04. The number of esters is 1. The van der Waals surface area contributed by atoms with Crippen molar-refractivity contribution in [2.75, 3.05) is 7.11 Å². The number of aliphatic hydroxyl groups excluding tert-OH is 1. The van der Waals surface area contributed by atoms with Crippen LogP contribution in [0.25, 0.3) is 0 Å². The molecule has 0 radical (unpaired) electrons. The van der Waals surface area contributed by atoms with E-state index in [-0.39, 0.29) is 6.42 Å². The quantitative estimate of drug-likeness (QED) is 0.713. The molecule has 5 heteroatoms. The Balaban J connectivity index is 2.60. The van der Waals surface area contributed by atoms with Gasteiger partial charge in [-0.25, -0.2) is 4.79 Å². The number of rotatable bonds is 6. The number of hydrogen-bond acceptors (Lipinski definition) is 4. The van der Waals surface area contributed by atoms with E-state index < -0.39 is 18.0 Å². The Morgan fingerprint density at radius 3 is 2.68 bits per heavy atom. The van der Waals surface area contributed by atoms with Crippen LogP contribution in [0.2, 0.25) is 0 Å². The maximum atomic E-state index is 11.5. The second-order valence-electron chi connectivity index (χ2n) is 4.29. The van der Waals surface area contributed by atoms with Crippen LogP contribution in [0.1, 0.15) is 25.7 Å². The largest absolute Gasteiger partial charge is 0.481 e. The highest BCUT2D eigenvalue weighted by atomic mass is 16.5. The number of methoxy groups -OCH3 is 1. The average molecular weight is 266 g/mol. The molecule has 1 aliphatic rings. The minimum Gasteiger partial charge on any atom is -0.481 e. The van der Waals surface area contributed by atoms with Crippen molar-refractivity contribution in [1.82, 2.24) is 0 Å². The van der Waals surface area contributed by atoms with Gasteiger partial charge in [-0.1, -0.05) is 24.3 Å². The van der Waals surface area contributed by atoms with Gasteiger partial charge in [-0.2, -0.15) is 0 Å². The number of allylic oxidation sites excluding steroid dienone is 4. The van der Waals surface area contributed by atoms with Crippen LogP contribution < -0.4 is 0 Å². The molecule has 0 aromatic heterocycles. The fourth-order valence-corrected chi connectivity index (χ4v) is 1.82. The first-order valence-electron chi connectivity index (χ1n) is 6.09. The van der Waals surface area contributed by atoms with Crippen molar-refractivity contribution < 1.29 is 24.5 Å². The minimum atomic E-state index is -0.878. The van der Waals surface area contributed by atoms with Gasteiger partial charge < -0.3 is 14.9 Å². The third-order valence-corrected chi connectivity index (χ3v) is 2.86. The molecule has 1 atom stereocenters. The van der Waals surface area contributed by atoms with E-state index in [1.54, 1.807) is 24.3 Å². The monoisotopic (exact) mass is 266 g/mol. The summed E-state index contributed by atoms with van der Waals surface area (Å²) in [5.74, 6) is -1.30. The molecule has 5 nitrogen and oxygen atoms in total. The smallest absolute Gasteiger partial charge is 0.334 e. The molecular formula is C14H18O5. The molecule has 0 saturated carbocycles. The van der Waals surface area contributed by atoms with E-state index in [1.165, 1.54) is 7.11 Å². The van der Waals surface area contributed by atoms with Gasteiger partial charge in [0, 0.05) is 18.4 Å². The van der Waals surface area contributed by atoms with E-state index in [4.69, 9.17) is 5.11 Å². The van der Waals surface area contributed by atoms with Crippen molar-refractivity contribution in [1.29, 1.82) is 0 Å². The molecule has 0 spiro atoms. The lowest BCUT2D eigenvalue weighted by atomic mass is 9.97. The molecular weight excluding hydrogens is 248 g/mol. The summed E-state index contributed by atoms with van der Waals surface area (Å²) in [4.78, 5) is 21.9. The molecule has 0 aromatic rings. The van der Waals surface area contributed by atoms with Gasteiger partial charge in [0.15, 0.2) is 0 Å². The van der Waals surface area contributed by atoms with E-state index in [0.717, 1.165) is 0 Å². The van der Waals surface area contributed by atoms with Crippen molar-refractivity contribution in [2.24, 2.45) is 0 Å². The summed E-state index contributed by atoms with van der Waals surface area (Å²) in [7, 11) is 1.31. The second kappa shape index (κ2) is 7.53. The van der Waals surface area contributed by atoms with Crippen LogP contribution in [0.4, 0.5) is 0 Å². The van der Waals surface area contributed by atoms with Crippen LogP contribution in [0.15, 0.2) is 35.5 Å². The van der Waals surface area contributed by atoms with Crippen molar-refractivity contribution in [2.45, 2.75) is 31.8 Å². The Hall–Kier alpha value is -1.88. The van der Waals surface area contributed by atoms with Crippen LogP contribution in [0, 0.1) is 0 Å². The number of carbonyl (C=O) groups excluding carboxylic acids is 1. The second-order valence-corrected chi connectivity index (χ2v) is 4.29. The highest BCUT2D eigenvalue weighted by Crippen LogP contribution is 2.21. The third kappa shape index (κ3) is 5.09. The molecule has 0 bridgehead atoms. The van der Waals surface area contributed by atoms with Crippen molar-refractivity contribution >= 4 is 11.9 Å². The molecule has 0 aromatic carbocycles.